The quantitative estimate of drug-likeness (QED) is 0.326. The summed E-state index contributed by atoms with van der Waals surface area (Å²) in [5.41, 5.74) is 0.680. The molecule has 0 heterocycles. The maximum atomic E-state index is 11.4. The third-order valence-electron chi connectivity index (χ3n) is 4.00. The third kappa shape index (κ3) is 6.30. The van der Waals surface area contributed by atoms with E-state index in [4.69, 9.17) is 18.9 Å². The highest BCUT2D eigenvalue weighted by molar-refractivity contribution is 5.87. The third-order valence-corrected chi connectivity index (χ3v) is 4.00. The fraction of sp³-hybridized carbons (Fsp3) is 0.364. The van der Waals surface area contributed by atoms with Gasteiger partial charge in [0, 0.05) is 23.0 Å². The minimum atomic E-state index is -0.451. The molecule has 0 saturated carbocycles. The molecule has 6 heteroatoms. The highest BCUT2D eigenvalue weighted by Gasteiger charge is 2.25. The van der Waals surface area contributed by atoms with Gasteiger partial charge in [-0.25, -0.2) is 9.59 Å². The molecular formula is C22H26O6. The van der Waals surface area contributed by atoms with Gasteiger partial charge in [0.05, 0.1) is 0 Å². The highest BCUT2D eigenvalue weighted by atomic mass is 16.6. The molecule has 0 aromatic rings. The maximum absolute atomic E-state index is 11.4. The Hall–Kier alpha value is -3.02. The monoisotopic (exact) mass is 386 g/mol. The smallest absolute Gasteiger partial charge is 0.333 e. The van der Waals surface area contributed by atoms with E-state index in [0.717, 1.165) is 0 Å². The van der Waals surface area contributed by atoms with Crippen molar-refractivity contribution in [2.45, 2.75) is 13.8 Å². The minimum Gasteiger partial charge on any atom is -0.486 e. The van der Waals surface area contributed by atoms with Gasteiger partial charge < -0.3 is 18.9 Å². The standard InChI is InChI=1S/C22H26O6/c1-15(2)21(23)27-11-9-25-19-13-17-7-5-6-8-18(17)14-20(19)26-10-12-28-22(24)16(3)4/h5-8,13-14,17-18H,1,3,9-12H2,2,4H3. The number of allylic oxidation sites excluding steroid dienone is 6. The predicted octanol–water partition coefficient (Wildman–Crippen LogP) is 3.40. The molecule has 0 spiro atoms. The lowest BCUT2D eigenvalue weighted by Crippen LogP contribution is -2.20. The first kappa shape index (κ1) is 21.3. The topological polar surface area (TPSA) is 71.1 Å². The molecule has 6 nitrogen and oxygen atoms in total. The molecule has 0 saturated heterocycles. The van der Waals surface area contributed by atoms with Gasteiger partial charge >= 0.3 is 11.9 Å². The van der Waals surface area contributed by atoms with Gasteiger partial charge in [0.25, 0.3) is 0 Å². The molecule has 2 unspecified atom stereocenters. The summed E-state index contributed by atoms with van der Waals surface area (Å²) >= 11 is 0. The molecular weight excluding hydrogens is 360 g/mol. The Balaban J connectivity index is 1.91. The number of fused-ring (bicyclic) bond motifs is 1. The first-order valence-corrected chi connectivity index (χ1v) is 9.08. The lowest BCUT2D eigenvalue weighted by molar-refractivity contribution is -0.141. The summed E-state index contributed by atoms with van der Waals surface area (Å²) in [6, 6.07) is 0. The molecule has 150 valence electrons. The van der Waals surface area contributed by atoms with E-state index in [1.807, 2.05) is 24.3 Å². The van der Waals surface area contributed by atoms with Gasteiger partial charge in [-0.3, -0.25) is 0 Å². The van der Waals surface area contributed by atoms with Gasteiger partial charge in [-0.15, -0.1) is 0 Å². The number of hydrogen-bond donors (Lipinski definition) is 0. The van der Waals surface area contributed by atoms with Gasteiger partial charge in [0.1, 0.15) is 26.4 Å². The Bertz CT molecular complexity index is 689. The summed E-state index contributed by atoms with van der Waals surface area (Å²) in [5, 5.41) is 0. The summed E-state index contributed by atoms with van der Waals surface area (Å²) < 4.78 is 21.6. The van der Waals surface area contributed by atoms with E-state index in [-0.39, 0.29) is 38.3 Å². The van der Waals surface area contributed by atoms with Crippen molar-refractivity contribution < 1.29 is 28.5 Å². The van der Waals surface area contributed by atoms with Crippen LogP contribution < -0.4 is 0 Å². The van der Waals surface area contributed by atoms with Crippen molar-refractivity contribution in [3.8, 4) is 0 Å². The molecule has 2 aliphatic rings. The zero-order valence-corrected chi connectivity index (χ0v) is 16.3. The van der Waals surface area contributed by atoms with E-state index >= 15 is 0 Å². The van der Waals surface area contributed by atoms with Crippen molar-refractivity contribution in [2.75, 3.05) is 26.4 Å². The highest BCUT2D eigenvalue weighted by Crippen LogP contribution is 2.32. The van der Waals surface area contributed by atoms with Crippen LogP contribution in [0.5, 0.6) is 0 Å². The normalized spacial score (nSPS) is 19.6. The first-order chi connectivity index (χ1) is 13.4. The second-order valence-corrected chi connectivity index (χ2v) is 6.52. The fourth-order valence-corrected chi connectivity index (χ4v) is 2.55. The van der Waals surface area contributed by atoms with E-state index < -0.39 is 11.9 Å². The molecule has 2 rings (SSSR count). The molecule has 0 bridgehead atoms. The van der Waals surface area contributed by atoms with Crippen LogP contribution in [-0.2, 0) is 28.5 Å². The summed E-state index contributed by atoms with van der Waals surface area (Å²) in [4.78, 5) is 22.9. The molecule has 0 aromatic carbocycles. The summed E-state index contributed by atoms with van der Waals surface area (Å²) in [6.45, 7) is 10.8. The Morgan fingerprint density at radius 2 is 1.18 bits per heavy atom. The SMILES string of the molecule is C=C(C)C(=O)OCCOC1=CC2C=CC=CC2C=C1OCCOC(=O)C(=C)C. The zero-order valence-electron chi connectivity index (χ0n) is 16.3. The van der Waals surface area contributed by atoms with Crippen molar-refractivity contribution in [3.63, 3.8) is 0 Å². The number of rotatable bonds is 10. The van der Waals surface area contributed by atoms with E-state index in [2.05, 4.69) is 25.3 Å². The number of carbonyl (C=O) groups is 2. The summed E-state index contributed by atoms with van der Waals surface area (Å²) in [6.07, 6.45) is 12.1. The van der Waals surface area contributed by atoms with Crippen LogP contribution in [0.25, 0.3) is 0 Å². The van der Waals surface area contributed by atoms with E-state index in [1.165, 1.54) is 0 Å². The van der Waals surface area contributed by atoms with Gasteiger partial charge in [-0.05, 0) is 26.0 Å². The van der Waals surface area contributed by atoms with Crippen LogP contribution in [-0.4, -0.2) is 38.4 Å². The zero-order chi connectivity index (χ0) is 20.5. The predicted molar refractivity (Wildman–Crippen MR) is 105 cm³/mol. The van der Waals surface area contributed by atoms with Crippen molar-refractivity contribution in [1.82, 2.24) is 0 Å². The van der Waals surface area contributed by atoms with Crippen molar-refractivity contribution in [2.24, 2.45) is 11.8 Å². The number of hydrogen-bond acceptors (Lipinski definition) is 6. The largest absolute Gasteiger partial charge is 0.486 e. The molecule has 28 heavy (non-hydrogen) atoms. The first-order valence-electron chi connectivity index (χ1n) is 9.08. The molecule has 0 amide bonds. The lowest BCUT2D eigenvalue weighted by Gasteiger charge is -2.27. The number of carbonyl (C=O) groups excluding carboxylic acids is 2. The molecule has 0 aliphatic heterocycles. The van der Waals surface area contributed by atoms with Gasteiger partial charge in [-0.1, -0.05) is 37.5 Å². The number of esters is 2. The molecule has 0 N–H and O–H groups in total. The second-order valence-electron chi connectivity index (χ2n) is 6.52. The van der Waals surface area contributed by atoms with E-state index in [1.54, 1.807) is 13.8 Å². The molecule has 2 aliphatic carbocycles. The molecule has 0 fully saturated rings. The van der Waals surface area contributed by atoms with Crippen LogP contribution in [0.15, 0.2) is 72.3 Å². The van der Waals surface area contributed by atoms with Crippen molar-refractivity contribution in [1.29, 1.82) is 0 Å². The van der Waals surface area contributed by atoms with E-state index in [9.17, 15) is 9.59 Å². The van der Waals surface area contributed by atoms with Crippen LogP contribution in [0.3, 0.4) is 0 Å². The van der Waals surface area contributed by atoms with Crippen LogP contribution >= 0.6 is 0 Å². The molecule has 2 atom stereocenters. The van der Waals surface area contributed by atoms with E-state index in [0.29, 0.717) is 22.7 Å². The van der Waals surface area contributed by atoms with Gasteiger partial charge in [0.2, 0.25) is 0 Å². The second kappa shape index (κ2) is 10.3. The molecule has 0 radical (unpaired) electrons. The summed E-state index contributed by atoms with van der Waals surface area (Å²) in [5.74, 6) is 0.580. The summed E-state index contributed by atoms with van der Waals surface area (Å²) in [7, 11) is 0. The van der Waals surface area contributed by atoms with Crippen molar-refractivity contribution in [3.05, 3.63) is 72.3 Å². The Morgan fingerprint density at radius 3 is 1.54 bits per heavy atom. The van der Waals surface area contributed by atoms with Gasteiger partial charge in [-0.2, -0.15) is 0 Å². The lowest BCUT2D eigenvalue weighted by atomic mass is 9.84. The molecule has 0 aromatic heterocycles. The fourth-order valence-electron chi connectivity index (χ4n) is 2.55. The van der Waals surface area contributed by atoms with Crippen LogP contribution in [0.4, 0.5) is 0 Å². The Labute approximate surface area is 165 Å². The Kier molecular flexibility index (Phi) is 7.87. The van der Waals surface area contributed by atoms with Crippen LogP contribution in [0.1, 0.15) is 13.8 Å². The number of ether oxygens (including phenoxy) is 4. The van der Waals surface area contributed by atoms with Crippen LogP contribution in [0.2, 0.25) is 0 Å². The van der Waals surface area contributed by atoms with Crippen molar-refractivity contribution >= 4 is 11.9 Å². The average molecular weight is 386 g/mol. The minimum absolute atomic E-state index is 0.108. The van der Waals surface area contributed by atoms with Gasteiger partial charge in [0.15, 0.2) is 11.5 Å². The maximum Gasteiger partial charge on any atom is 0.333 e. The van der Waals surface area contributed by atoms with Crippen LogP contribution in [0, 0.1) is 11.8 Å². The average Bonchev–Trinajstić information content (AvgIpc) is 2.67. The Morgan fingerprint density at radius 1 is 0.786 bits per heavy atom.